The van der Waals surface area contributed by atoms with E-state index in [0.29, 0.717) is 5.92 Å². The summed E-state index contributed by atoms with van der Waals surface area (Å²) >= 11 is 0. The minimum Gasteiger partial charge on any atom is -0.350 e. The Bertz CT molecular complexity index is 161. The third kappa shape index (κ3) is 2.19. The van der Waals surface area contributed by atoms with Gasteiger partial charge in [-0.3, -0.25) is 4.79 Å². The van der Waals surface area contributed by atoms with E-state index < -0.39 is 0 Å². The van der Waals surface area contributed by atoms with Gasteiger partial charge in [0.2, 0.25) is 5.91 Å². The molecule has 0 aromatic rings. The lowest BCUT2D eigenvalue weighted by Gasteiger charge is -2.25. The number of carbonyl (C=O) groups is 1. The molecule has 0 spiro atoms. The van der Waals surface area contributed by atoms with Crippen molar-refractivity contribution < 1.29 is 4.79 Å². The molecular weight excluding hydrogens is 140 g/mol. The van der Waals surface area contributed by atoms with Crippen molar-refractivity contribution in [3.8, 4) is 0 Å². The SMILES string of the molecule is CC(C)(NC(=O)CN)C1CC1. The second-order valence-corrected chi connectivity index (χ2v) is 3.75. The van der Waals surface area contributed by atoms with Crippen LogP contribution in [0.2, 0.25) is 0 Å². The highest BCUT2D eigenvalue weighted by Crippen LogP contribution is 2.38. The van der Waals surface area contributed by atoms with Crippen LogP contribution in [0.1, 0.15) is 26.7 Å². The first-order valence-corrected chi connectivity index (χ1v) is 4.07. The Morgan fingerprint density at radius 2 is 2.18 bits per heavy atom. The lowest BCUT2D eigenvalue weighted by Crippen LogP contribution is -2.47. The Morgan fingerprint density at radius 1 is 1.64 bits per heavy atom. The molecule has 1 aliphatic carbocycles. The number of hydrogen-bond donors (Lipinski definition) is 2. The van der Waals surface area contributed by atoms with E-state index >= 15 is 0 Å². The van der Waals surface area contributed by atoms with Crippen molar-refractivity contribution in [1.82, 2.24) is 5.32 Å². The molecule has 3 nitrogen and oxygen atoms in total. The standard InChI is InChI=1S/C8H16N2O/c1-8(2,6-3-4-6)10-7(11)5-9/h6H,3-5,9H2,1-2H3,(H,10,11). The summed E-state index contributed by atoms with van der Waals surface area (Å²) < 4.78 is 0. The molecule has 64 valence electrons. The first kappa shape index (κ1) is 8.53. The van der Waals surface area contributed by atoms with Gasteiger partial charge in [-0.25, -0.2) is 0 Å². The summed E-state index contributed by atoms with van der Waals surface area (Å²) in [7, 11) is 0. The molecule has 0 aliphatic heterocycles. The predicted octanol–water partition coefficient (Wildman–Crippen LogP) is 0.250. The Kier molecular flexibility index (Phi) is 2.18. The van der Waals surface area contributed by atoms with Gasteiger partial charge in [-0.15, -0.1) is 0 Å². The van der Waals surface area contributed by atoms with E-state index in [-0.39, 0.29) is 18.0 Å². The lowest BCUT2D eigenvalue weighted by atomic mass is 9.99. The summed E-state index contributed by atoms with van der Waals surface area (Å²) in [6.45, 7) is 4.20. The second kappa shape index (κ2) is 2.81. The smallest absolute Gasteiger partial charge is 0.234 e. The number of rotatable bonds is 3. The van der Waals surface area contributed by atoms with Crippen LogP contribution in [0.5, 0.6) is 0 Å². The van der Waals surface area contributed by atoms with E-state index in [9.17, 15) is 4.79 Å². The average Bonchev–Trinajstić information content (AvgIpc) is 2.66. The molecule has 3 heteroatoms. The second-order valence-electron chi connectivity index (χ2n) is 3.75. The van der Waals surface area contributed by atoms with Crippen LogP contribution < -0.4 is 11.1 Å². The molecule has 0 heterocycles. The minimum absolute atomic E-state index is 0.0452. The van der Waals surface area contributed by atoms with E-state index in [2.05, 4.69) is 19.2 Å². The number of nitrogens with one attached hydrogen (secondary N) is 1. The molecule has 1 fully saturated rings. The molecule has 1 rings (SSSR count). The van der Waals surface area contributed by atoms with E-state index in [4.69, 9.17) is 5.73 Å². The molecule has 0 unspecified atom stereocenters. The molecule has 0 aromatic heterocycles. The van der Waals surface area contributed by atoms with Gasteiger partial charge >= 0.3 is 0 Å². The Balaban J connectivity index is 2.38. The molecule has 0 bridgehead atoms. The number of hydrogen-bond acceptors (Lipinski definition) is 2. The molecule has 0 atom stereocenters. The Labute approximate surface area is 67.3 Å². The Hall–Kier alpha value is -0.570. The van der Waals surface area contributed by atoms with Crippen molar-refractivity contribution in [2.45, 2.75) is 32.2 Å². The van der Waals surface area contributed by atoms with Crippen LogP contribution in [0, 0.1) is 5.92 Å². The molecule has 11 heavy (non-hydrogen) atoms. The molecular formula is C8H16N2O. The van der Waals surface area contributed by atoms with Gasteiger partial charge in [0.1, 0.15) is 0 Å². The Morgan fingerprint density at radius 3 is 2.55 bits per heavy atom. The van der Waals surface area contributed by atoms with E-state index in [1.807, 2.05) is 0 Å². The lowest BCUT2D eigenvalue weighted by molar-refractivity contribution is -0.121. The molecule has 1 aliphatic rings. The zero-order valence-corrected chi connectivity index (χ0v) is 7.18. The number of carbonyl (C=O) groups excluding carboxylic acids is 1. The van der Waals surface area contributed by atoms with Crippen LogP contribution in [0.4, 0.5) is 0 Å². The highest BCUT2D eigenvalue weighted by Gasteiger charge is 2.38. The van der Waals surface area contributed by atoms with Gasteiger partial charge in [0, 0.05) is 5.54 Å². The normalized spacial score (nSPS) is 18.1. The van der Waals surface area contributed by atoms with Crippen molar-refractivity contribution in [1.29, 1.82) is 0 Å². The first-order chi connectivity index (χ1) is 5.06. The molecule has 1 amide bonds. The van der Waals surface area contributed by atoms with E-state index in [0.717, 1.165) is 0 Å². The summed E-state index contributed by atoms with van der Waals surface area (Å²) in [6, 6.07) is 0. The topological polar surface area (TPSA) is 55.1 Å². The fourth-order valence-corrected chi connectivity index (χ4v) is 1.32. The van der Waals surface area contributed by atoms with Crippen LogP contribution in [0.3, 0.4) is 0 Å². The molecule has 0 aromatic carbocycles. The van der Waals surface area contributed by atoms with Crippen molar-refractivity contribution >= 4 is 5.91 Å². The van der Waals surface area contributed by atoms with Crippen LogP contribution in [-0.2, 0) is 4.79 Å². The number of amides is 1. The van der Waals surface area contributed by atoms with Crippen LogP contribution in [0.15, 0.2) is 0 Å². The van der Waals surface area contributed by atoms with Gasteiger partial charge in [0.15, 0.2) is 0 Å². The van der Waals surface area contributed by atoms with Crippen molar-refractivity contribution in [2.24, 2.45) is 11.7 Å². The van der Waals surface area contributed by atoms with Gasteiger partial charge in [0.25, 0.3) is 0 Å². The van der Waals surface area contributed by atoms with Crippen LogP contribution >= 0.6 is 0 Å². The summed E-state index contributed by atoms with van der Waals surface area (Å²) in [5, 5.41) is 2.90. The fraction of sp³-hybridized carbons (Fsp3) is 0.875. The highest BCUT2D eigenvalue weighted by molar-refractivity contribution is 5.78. The van der Waals surface area contributed by atoms with Crippen molar-refractivity contribution in [3.63, 3.8) is 0 Å². The molecule has 3 N–H and O–H groups in total. The first-order valence-electron chi connectivity index (χ1n) is 4.07. The van der Waals surface area contributed by atoms with Crippen LogP contribution in [0.25, 0.3) is 0 Å². The van der Waals surface area contributed by atoms with Crippen molar-refractivity contribution in [2.75, 3.05) is 6.54 Å². The molecule has 0 saturated heterocycles. The molecule has 1 saturated carbocycles. The van der Waals surface area contributed by atoms with Gasteiger partial charge in [-0.2, -0.15) is 0 Å². The maximum absolute atomic E-state index is 10.9. The summed E-state index contributed by atoms with van der Waals surface area (Å²) in [6.07, 6.45) is 2.47. The fourth-order valence-electron chi connectivity index (χ4n) is 1.32. The highest BCUT2D eigenvalue weighted by atomic mass is 16.1. The van der Waals surface area contributed by atoms with E-state index in [1.165, 1.54) is 12.8 Å². The molecule has 0 radical (unpaired) electrons. The van der Waals surface area contributed by atoms with Crippen molar-refractivity contribution in [3.05, 3.63) is 0 Å². The monoisotopic (exact) mass is 156 g/mol. The number of nitrogens with two attached hydrogens (primary N) is 1. The summed E-state index contributed by atoms with van der Waals surface area (Å²) in [5.41, 5.74) is 5.14. The summed E-state index contributed by atoms with van der Waals surface area (Å²) in [4.78, 5) is 10.9. The maximum Gasteiger partial charge on any atom is 0.234 e. The van der Waals surface area contributed by atoms with Gasteiger partial charge < -0.3 is 11.1 Å². The van der Waals surface area contributed by atoms with Gasteiger partial charge in [-0.05, 0) is 32.6 Å². The third-order valence-corrected chi connectivity index (χ3v) is 2.24. The van der Waals surface area contributed by atoms with Gasteiger partial charge in [0.05, 0.1) is 6.54 Å². The minimum atomic E-state index is -0.0538. The van der Waals surface area contributed by atoms with Gasteiger partial charge in [-0.1, -0.05) is 0 Å². The zero-order chi connectivity index (χ0) is 8.48. The maximum atomic E-state index is 10.9. The predicted molar refractivity (Wildman–Crippen MR) is 44.0 cm³/mol. The zero-order valence-electron chi connectivity index (χ0n) is 7.18. The average molecular weight is 156 g/mol. The summed E-state index contributed by atoms with van der Waals surface area (Å²) in [5.74, 6) is 0.611. The van der Waals surface area contributed by atoms with E-state index in [1.54, 1.807) is 0 Å². The largest absolute Gasteiger partial charge is 0.350 e. The third-order valence-electron chi connectivity index (χ3n) is 2.24. The van der Waals surface area contributed by atoms with Crippen LogP contribution in [-0.4, -0.2) is 18.0 Å². The quantitative estimate of drug-likeness (QED) is 0.615.